The molecule has 2 rings (SSSR count). The summed E-state index contributed by atoms with van der Waals surface area (Å²) >= 11 is 0. The maximum Gasteiger partial charge on any atom is 0.187 e. The molecule has 0 atom stereocenters. The predicted molar refractivity (Wildman–Crippen MR) is 48.4 cm³/mol. The summed E-state index contributed by atoms with van der Waals surface area (Å²) in [6.45, 7) is 0.725. The van der Waals surface area contributed by atoms with Crippen LogP contribution in [0, 0.1) is 0 Å². The first-order chi connectivity index (χ1) is 5.88. The summed E-state index contributed by atoms with van der Waals surface area (Å²) < 4.78 is 0. The lowest BCUT2D eigenvalue weighted by Crippen LogP contribution is -2.00. The first-order valence-corrected chi connectivity index (χ1v) is 3.92. The highest BCUT2D eigenvalue weighted by Gasteiger charge is 2.08. The van der Waals surface area contributed by atoms with Crippen LogP contribution in [0.2, 0.25) is 0 Å². The Bertz CT molecular complexity index is 341. The standard InChI is InChI=1S/C10H9NO/c12-10-6-3-7-11-9-5-2-1-4-8(9)10/h1-6,11H,7H2. The maximum atomic E-state index is 11.4. The van der Waals surface area contributed by atoms with Crippen LogP contribution in [0.15, 0.2) is 36.4 Å². The van der Waals surface area contributed by atoms with Crippen molar-refractivity contribution in [1.29, 1.82) is 0 Å². The van der Waals surface area contributed by atoms with Gasteiger partial charge in [0.05, 0.1) is 0 Å². The van der Waals surface area contributed by atoms with Crippen LogP contribution >= 0.6 is 0 Å². The van der Waals surface area contributed by atoms with E-state index in [9.17, 15) is 4.79 Å². The Hall–Kier alpha value is -1.57. The van der Waals surface area contributed by atoms with Gasteiger partial charge in [-0.2, -0.15) is 0 Å². The molecule has 1 aliphatic heterocycles. The Balaban J connectivity index is 2.53. The van der Waals surface area contributed by atoms with Gasteiger partial charge in [-0.15, -0.1) is 0 Å². The van der Waals surface area contributed by atoms with Gasteiger partial charge in [0.25, 0.3) is 0 Å². The lowest BCUT2D eigenvalue weighted by molar-refractivity contribution is 0.104. The Morgan fingerprint density at radius 3 is 3.00 bits per heavy atom. The summed E-state index contributed by atoms with van der Waals surface area (Å²) in [5.41, 5.74) is 1.68. The molecule has 0 bridgehead atoms. The molecule has 0 fully saturated rings. The van der Waals surface area contributed by atoms with Crippen LogP contribution in [-0.4, -0.2) is 12.3 Å². The van der Waals surface area contributed by atoms with Crippen LogP contribution in [0.1, 0.15) is 10.4 Å². The van der Waals surface area contributed by atoms with Gasteiger partial charge in [0.1, 0.15) is 0 Å². The molecule has 1 aliphatic rings. The van der Waals surface area contributed by atoms with Gasteiger partial charge >= 0.3 is 0 Å². The van der Waals surface area contributed by atoms with Crippen molar-refractivity contribution in [3.05, 3.63) is 42.0 Å². The van der Waals surface area contributed by atoms with Crippen molar-refractivity contribution in [2.75, 3.05) is 11.9 Å². The summed E-state index contributed by atoms with van der Waals surface area (Å²) in [4.78, 5) is 11.4. The van der Waals surface area contributed by atoms with Crippen molar-refractivity contribution in [1.82, 2.24) is 0 Å². The zero-order valence-electron chi connectivity index (χ0n) is 6.58. The molecule has 0 saturated heterocycles. The average molecular weight is 159 g/mol. The third-order valence-electron chi connectivity index (χ3n) is 1.87. The third-order valence-corrected chi connectivity index (χ3v) is 1.87. The summed E-state index contributed by atoms with van der Waals surface area (Å²) in [5.74, 6) is 0.0793. The quantitative estimate of drug-likeness (QED) is 0.626. The maximum absolute atomic E-state index is 11.4. The number of rotatable bonds is 0. The molecule has 0 radical (unpaired) electrons. The van der Waals surface area contributed by atoms with E-state index < -0.39 is 0 Å². The van der Waals surface area contributed by atoms with Crippen molar-refractivity contribution >= 4 is 11.5 Å². The minimum atomic E-state index is 0.0793. The van der Waals surface area contributed by atoms with E-state index in [1.165, 1.54) is 0 Å². The molecule has 0 spiro atoms. The number of benzene rings is 1. The van der Waals surface area contributed by atoms with Gasteiger partial charge in [-0.25, -0.2) is 0 Å². The summed E-state index contributed by atoms with van der Waals surface area (Å²) in [6.07, 6.45) is 3.45. The summed E-state index contributed by atoms with van der Waals surface area (Å²) in [5, 5.41) is 3.15. The minimum absolute atomic E-state index is 0.0793. The zero-order chi connectivity index (χ0) is 8.39. The number of hydrogen-bond acceptors (Lipinski definition) is 2. The number of allylic oxidation sites excluding steroid dienone is 1. The fourth-order valence-corrected chi connectivity index (χ4v) is 1.28. The van der Waals surface area contributed by atoms with E-state index in [4.69, 9.17) is 0 Å². The fraction of sp³-hybridized carbons (Fsp3) is 0.100. The van der Waals surface area contributed by atoms with Crippen LogP contribution in [0.25, 0.3) is 0 Å². The van der Waals surface area contributed by atoms with Gasteiger partial charge in [-0.05, 0) is 18.2 Å². The predicted octanol–water partition coefficient (Wildman–Crippen LogP) is 1.85. The number of para-hydroxylation sites is 1. The molecule has 60 valence electrons. The second-order valence-corrected chi connectivity index (χ2v) is 2.69. The van der Waals surface area contributed by atoms with Crippen LogP contribution in [0.3, 0.4) is 0 Å². The van der Waals surface area contributed by atoms with E-state index in [1.807, 2.05) is 30.3 Å². The van der Waals surface area contributed by atoms with Crippen molar-refractivity contribution in [3.63, 3.8) is 0 Å². The first-order valence-electron chi connectivity index (χ1n) is 3.92. The number of hydrogen-bond donors (Lipinski definition) is 1. The van der Waals surface area contributed by atoms with E-state index >= 15 is 0 Å². The molecule has 2 nitrogen and oxygen atoms in total. The summed E-state index contributed by atoms with van der Waals surface area (Å²) in [6, 6.07) is 7.54. The summed E-state index contributed by atoms with van der Waals surface area (Å²) in [7, 11) is 0. The molecule has 0 aliphatic carbocycles. The Labute approximate surface area is 70.9 Å². The van der Waals surface area contributed by atoms with Crippen molar-refractivity contribution < 1.29 is 4.79 Å². The van der Waals surface area contributed by atoms with E-state index in [2.05, 4.69) is 5.32 Å². The van der Waals surface area contributed by atoms with Gasteiger partial charge in [-0.1, -0.05) is 18.2 Å². The Morgan fingerprint density at radius 2 is 2.08 bits per heavy atom. The number of nitrogens with one attached hydrogen (secondary N) is 1. The van der Waals surface area contributed by atoms with Crippen molar-refractivity contribution in [2.45, 2.75) is 0 Å². The number of fused-ring (bicyclic) bond motifs is 1. The van der Waals surface area contributed by atoms with Gasteiger partial charge in [0, 0.05) is 17.8 Å². The normalized spacial score (nSPS) is 14.8. The molecule has 1 N–H and O–H groups in total. The molecular formula is C10H9NO. The van der Waals surface area contributed by atoms with E-state index in [-0.39, 0.29) is 5.78 Å². The number of anilines is 1. The highest BCUT2D eigenvalue weighted by atomic mass is 16.1. The Morgan fingerprint density at radius 1 is 1.25 bits per heavy atom. The molecular weight excluding hydrogens is 150 g/mol. The highest BCUT2D eigenvalue weighted by molar-refractivity contribution is 6.09. The Kier molecular flexibility index (Phi) is 1.67. The lowest BCUT2D eigenvalue weighted by atomic mass is 10.1. The molecule has 1 heterocycles. The minimum Gasteiger partial charge on any atom is -0.381 e. The molecule has 1 aromatic carbocycles. The van der Waals surface area contributed by atoms with Crippen molar-refractivity contribution in [3.8, 4) is 0 Å². The molecule has 0 amide bonds. The van der Waals surface area contributed by atoms with Crippen LogP contribution in [0.5, 0.6) is 0 Å². The first kappa shape index (κ1) is 7.10. The lowest BCUT2D eigenvalue weighted by Gasteiger charge is -2.04. The average Bonchev–Trinajstić information content (AvgIpc) is 2.29. The van der Waals surface area contributed by atoms with Crippen LogP contribution in [-0.2, 0) is 0 Å². The molecule has 12 heavy (non-hydrogen) atoms. The van der Waals surface area contributed by atoms with Gasteiger partial charge in [0.15, 0.2) is 5.78 Å². The van der Waals surface area contributed by atoms with Crippen LogP contribution in [0.4, 0.5) is 5.69 Å². The number of ketones is 1. The second kappa shape index (κ2) is 2.81. The third kappa shape index (κ3) is 1.11. The zero-order valence-corrected chi connectivity index (χ0v) is 6.58. The van der Waals surface area contributed by atoms with E-state index in [0.29, 0.717) is 0 Å². The smallest absolute Gasteiger partial charge is 0.187 e. The van der Waals surface area contributed by atoms with E-state index in [0.717, 1.165) is 17.8 Å². The molecule has 0 aromatic heterocycles. The molecule has 2 heteroatoms. The second-order valence-electron chi connectivity index (χ2n) is 2.69. The molecule has 1 aromatic rings. The van der Waals surface area contributed by atoms with Gasteiger partial charge in [-0.3, -0.25) is 4.79 Å². The number of carbonyl (C=O) groups is 1. The van der Waals surface area contributed by atoms with Crippen molar-refractivity contribution in [2.24, 2.45) is 0 Å². The number of carbonyl (C=O) groups excluding carboxylic acids is 1. The SMILES string of the molecule is O=C1C=CCNc2ccccc21. The van der Waals surface area contributed by atoms with Gasteiger partial charge in [0.2, 0.25) is 0 Å². The topological polar surface area (TPSA) is 29.1 Å². The monoisotopic (exact) mass is 159 g/mol. The van der Waals surface area contributed by atoms with Gasteiger partial charge < -0.3 is 5.32 Å². The molecule has 0 saturated carbocycles. The highest BCUT2D eigenvalue weighted by Crippen LogP contribution is 2.17. The fourth-order valence-electron chi connectivity index (χ4n) is 1.28. The van der Waals surface area contributed by atoms with Crippen LogP contribution < -0.4 is 5.32 Å². The molecule has 0 unspecified atom stereocenters. The van der Waals surface area contributed by atoms with E-state index in [1.54, 1.807) is 6.08 Å². The largest absolute Gasteiger partial charge is 0.381 e.